The van der Waals surface area contributed by atoms with Gasteiger partial charge in [-0.25, -0.2) is 4.79 Å². The predicted molar refractivity (Wildman–Crippen MR) is 106 cm³/mol. The molecule has 2 aromatic heterocycles. The van der Waals surface area contributed by atoms with Gasteiger partial charge in [0.2, 0.25) is 5.56 Å². The Morgan fingerprint density at radius 1 is 1.07 bits per heavy atom. The first-order valence-corrected chi connectivity index (χ1v) is 8.70. The summed E-state index contributed by atoms with van der Waals surface area (Å²) in [7, 11) is 1.50. The van der Waals surface area contributed by atoms with Crippen LogP contribution in [0.1, 0.15) is 10.4 Å². The van der Waals surface area contributed by atoms with E-state index >= 15 is 0 Å². The molecule has 2 aromatic carbocycles. The van der Waals surface area contributed by atoms with E-state index in [1.807, 2.05) is 24.3 Å². The first-order valence-electron chi connectivity index (χ1n) is 8.70. The summed E-state index contributed by atoms with van der Waals surface area (Å²) in [5, 5.41) is 4.45. The molecule has 0 fully saturated rings. The van der Waals surface area contributed by atoms with Crippen LogP contribution in [-0.4, -0.2) is 30.6 Å². The minimum atomic E-state index is -0.726. The smallest absolute Gasteiger partial charge is 0.340 e. The van der Waals surface area contributed by atoms with Crippen molar-refractivity contribution >= 4 is 39.5 Å². The Kier molecular flexibility index (Phi) is 4.74. The van der Waals surface area contributed by atoms with Gasteiger partial charge in [-0.05, 0) is 18.2 Å². The molecule has 29 heavy (non-hydrogen) atoms. The van der Waals surface area contributed by atoms with E-state index in [9.17, 15) is 14.4 Å². The molecule has 0 unspecified atom stereocenters. The van der Waals surface area contributed by atoms with Gasteiger partial charge in [-0.3, -0.25) is 9.59 Å². The fourth-order valence-electron chi connectivity index (χ4n) is 2.96. The van der Waals surface area contributed by atoms with Crippen LogP contribution >= 0.6 is 0 Å². The molecule has 4 aromatic rings. The Morgan fingerprint density at radius 3 is 2.66 bits per heavy atom. The lowest BCUT2D eigenvalue weighted by Gasteiger charge is -2.10. The molecular weight excluding hydrogens is 376 g/mol. The van der Waals surface area contributed by atoms with Crippen molar-refractivity contribution in [3.8, 4) is 5.75 Å². The Labute approximate surface area is 164 Å². The molecule has 0 atom stereocenters. The fourth-order valence-corrected chi connectivity index (χ4v) is 2.96. The quantitative estimate of drug-likeness (QED) is 0.505. The zero-order chi connectivity index (χ0) is 20.4. The Hall–Kier alpha value is -4.07. The lowest BCUT2D eigenvalue weighted by atomic mass is 10.1. The second kappa shape index (κ2) is 7.51. The largest absolute Gasteiger partial charge is 0.495 e. The van der Waals surface area contributed by atoms with Gasteiger partial charge in [-0.2, -0.15) is 0 Å². The fraction of sp³-hybridized carbons (Fsp3) is 0.0952. The van der Waals surface area contributed by atoms with Crippen LogP contribution in [0.3, 0.4) is 0 Å². The van der Waals surface area contributed by atoms with Crippen LogP contribution in [0.5, 0.6) is 5.75 Å². The molecule has 146 valence electrons. The number of furan rings is 1. The van der Waals surface area contributed by atoms with Gasteiger partial charge in [0.15, 0.2) is 6.61 Å². The van der Waals surface area contributed by atoms with Gasteiger partial charge < -0.3 is 24.2 Å². The van der Waals surface area contributed by atoms with Gasteiger partial charge in [0.05, 0.1) is 18.4 Å². The molecule has 8 nitrogen and oxygen atoms in total. The number of H-pyrrole nitrogens is 1. The maximum absolute atomic E-state index is 12.2. The van der Waals surface area contributed by atoms with E-state index in [4.69, 9.17) is 13.9 Å². The molecule has 0 aliphatic heterocycles. The van der Waals surface area contributed by atoms with Crippen molar-refractivity contribution in [2.45, 2.75) is 0 Å². The summed E-state index contributed by atoms with van der Waals surface area (Å²) in [5.41, 5.74) is 1.51. The summed E-state index contributed by atoms with van der Waals surface area (Å²) in [6.45, 7) is -0.501. The third-order valence-corrected chi connectivity index (χ3v) is 4.33. The molecule has 2 heterocycles. The number of aromatic nitrogens is 1. The molecule has 0 spiro atoms. The molecule has 0 bridgehead atoms. The third kappa shape index (κ3) is 3.68. The lowest BCUT2D eigenvalue weighted by molar-refractivity contribution is -0.119. The molecule has 4 rings (SSSR count). The van der Waals surface area contributed by atoms with E-state index in [2.05, 4.69) is 10.3 Å². The molecule has 0 radical (unpaired) electrons. The summed E-state index contributed by atoms with van der Waals surface area (Å²) in [5.74, 6) is -0.822. The summed E-state index contributed by atoms with van der Waals surface area (Å²) in [4.78, 5) is 37.6. The number of para-hydroxylation sites is 1. The number of amides is 1. The summed E-state index contributed by atoms with van der Waals surface area (Å²) >= 11 is 0. The number of hydrogen-bond donors (Lipinski definition) is 2. The van der Waals surface area contributed by atoms with E-state index < -0.39 is 18.5 Å². The van der Waals surface area contributed by atoms with Gasteiger partial charge in [0, 0.05) is 29.1 Å². The van der Waals surface area contributed by atoms with Crippen molar-refractivity contribution < 1.29 is 23.5 Å². The number of nitrogens with one attached hydrogen (secondary N) is 2. The molecule has 1 amide bonds. The van der Waals surface area contributed by atoms with Gasteiger partial charge in [0.25, 0.3) is 5.91 Å². The van der Waals surface area contributed by atoms with Gasteiger partial charge in [0.1, 0.15) is 16.9 Å². The average molecular weight is 392 g/mol. The van der Waals surface area contributed by atoms with Gasteiger partial charge in [-0.15, -0.1) is 0 Å². The molecular formula is C21H16N2O6. The highest BCUT2D eigenvalue weighted by Gasteiger charge is 2.15. The number of aromatic amines is 1. The number of hydrogen-bond acceptors (Lipinski definition) is 6. The van der Waals surface area contributed by atoms with Crippen molar-refractivity contribution in [3.63, 3.8) is 0 Å². The highest BCUT2D eigenvalue weighted by Crippen LogP contribution is 2.36. The highest BCUT2D eigenvalue weighted by atomic mass is 16.5. The van der Waals surface area contributed by atoms with Crippen LogP contribution in [0.4, 0.5) is 5.69 Å². The minimum Gasteiger partial charge on any atom is -0.495 e. The van der Waals surface area contributed by atoms with E-state index in [1.54, 1.807) is 12.1 Å². The van der Waals surface area contributed by atoms with Crippen LogP contribution in [0, 0.1) is 0 Å². The summed E-state index contributed by atoms with van der Waals surface area (Å²) in [6.07, 6.45) is 1.22. The van der Waals surface area contributed by atoms with E-state index in [0.717, 1.165) is 16.4 Å². The monoisotopic (exact) mass is 392 g/mol. The molecule has 8 heteroatoms. The minimum absolute atomic E-state index is 0.138. The normalized spacial score (nSPS) is 10.8. The van der Waals surface area contributed by atoms with Crippen molar-refractivity contribution in [1.82, 2.24) is 4.98 Å². The number of rotatable bonds is 5. The topological polar surface area (TPSA) is 111 Å². The number of carbonyl (C=O) groups is 2. The second-order valence-electron chi connectivity index (χ2n) is 6.21. The number of methoxy groups -OCH3 is 1. The summed E-state index contributed by atoms with van der Waals surface area (Å²) in [6, 6.07) is 13.5. The molecule has 0 saturated heterocycles. The van der Waals surface area contributed by atoms with E-state index in [0.29, 0.717) is 17.0 Å². The third-order valence-electron chi connectivity index (χ3n) is 4.33. The molecule has 0 aliphatic rings. The van der Waals surface area contributed by atoms with Crippen LogP contribution < -0.4 is 15.6 Å². The van der Waals surface area contributed by atoms with E-state index in [-0.39, 0.29) is 11.1 Å². The first-order chi connectivity index (χ1) is 14.0. The average Bonchev–Trinajstić information content (AvgIpc) is 3.09. The Bertz CT molecular complexity index is 1270. The number of esters is 1. The Morgan fingerprint density at radius 2 is 1.90 bits per heavy atom. The van der Waals surface area contributed by atoms with Crippen LogP contribution in [0.15, 0.2) is 63.9 Å². The van der Waals surface area contributed by atoms with Crippen molar-refractivity contribution in [1.29, 1.82) is 0 Å². The summed E-state index contributed by atoms with van der Waals surface area (Å²) < 4.78 is 16.2. The van der Waals surface area contributed by atoms with Gasteiger partial charge in [-0.1, -0.05) is 18.2 Å². The zero-order valence-corrected chi connectivity index (χ0v) is 15.4. The number of anilines is 1. The second-order valence-corrected chi connectivity index (χ2v) is 6.21. The molecule has 2 N–H and O–H groups in total. The standard InChI is InChI=1S/C21H16N2O6/c1-27-18-8-14-13-4-2-3-5-16(13)29-17(14)9-15(18)23-20(25)11-28-21(26)12-6-7-19(24)22-10-12/h2-10H,11H2,1H3,(H,22,24)(H,23,25). The van der Waals surface area contributed by atoms with Crippen molar-refractivity contribution in [2.75, 3.05) is 19.0 Å². The van der Waals surface area contributed by atoms with Crippen molar-refractivity contribution in [3.05, 3.63) is 70.6 Å². The lowest BCUT2D eigenvalue weighted by Crippen LogP contribution is -2.21. The number of fused-ring (bicyclic) bond motifs is 3. The number of ether oxygens (including phenoxy) is 2. The molecule has 0 saturated carbocycles. The highest BCUT2D eigenvalue weighted by molar-refractivity contribution is 6.08. The Balaban J connectivity index is 1.51. The van der Waals surface area contributed by atoms with Crippen LogP contribution in [0.25, 0.3) is 21.9 Å². The van der Waals surface area contributed by atoms with E-state index in [1.165, 1.54) is 25.4 Å². The number of pyridine rings is 1. The number of benzene rings is 2. The predicted octanol–water partition coefficient (Wildman–Crippen LogP) is 3.08. The van der Waals surface area contributed by atoms with Crippen molar-refractivity contribution in [2.24, 2.45) is 0 Å². The van der Waals surface area contributed by atoms with Gasteiger partial charge >= 0.3 is 5.97 Å². The maximum atomic E-state index is 12.2. The SMILES string of the molecule is COc1cc2c(cc1NC(=O)COC(=O)c1ccc(=O)[nH]c1)oc1ccccc12. The van der Waals surface area contributed by atoms with Crippen LogP contribution in [0.2, 0.25) is 0 Å². The van der Waals surface area contributed by atoms with Crippen LogP contribution in [-0.2, 0) is 9.53 Å². The number of carbonyl (C=O) groups excluding carboxylic acids is 2. The maximum Gasteiger partial charge on any atom is 0.340 e. The molecule has 0 aliphatic carbocycles. The first kappa shape index (κ1) is 18.3. The zero-order valence-electron chi connectivity index (χ0n) is 15.4.